The number of fused-ring (bicyclic) bond motifs is 1. The van der Waals surface area contributed by atoms with Gasteiger partial charge in [-0.15, -0.1) is 0 Å². The maximum Gasteiger partial charge on any atom is 0.251 e. The molecule has 2 aliphatic heterocycles. The topological polar surface area (TPSA) is 69.7 Å². The van der Waals surface area contributed by atoms with Crippen molar-refractivity contribution < 1.29 is 13.2 Å². The lowest BCUT2D eigenvalue weighted by atomic mass is 9.96. The molecule has 2 aromatic carbocycles. The van der Waals surface area contributed by atoms with E-state index in [1.54, 1.807) is 0 Å². The number of benzene rings is 2. The monoisotopic (exact) mass is 489 g/mol. The molecule has 1 fully saturated rings. The molecule has 1 saturated heterocycles. The second kappa shape index (κ2) is 10.0. The summed E-state index contributed by atoms with van der Waals surface area (Å²) in [6.45, 7) is 5.44. The molecule has 0 atom stereocenters. The standard InChI is InChI=1S/C25H32ClN3O3S/c1-18-5-3-7-23(26)22(18)17-28-12-4-6-20-15-21(8-9-24(20)28)25(30)27-16-19-10-13-29(14-11-19)33(2,31)32/h3,5,7-9,15,19H,4,6,10-14,16-17H2,1-2H3,(H,27,30). The minimum absolute atomic E-state index is 0.0672. The Balaban J connectivity index is 1.38. The van der Waals surface area contributed by atoms with Crippen LogP contribution in [0, 0.1) is 12.8 Å². The number of amides is 1. The number of halogens is 1. The zero-order valence-electron chi connectivity index (χ0n) is 19.3. The Morgan fingerprint density at radius 1 is 1.15 bits per heavy atom. The van der Waals surface area contributed by atoms with Gasteiger partial charge in [0.05, 0.1) is 6.26 Å². The molecule has 1 amide bonds. The van der Waals surface area contributed by atoms with Crippen LogP contribution in [0.3, 0.4) is 0 Å². The van der Waals surface area contributed by atoms with Crippen LogP contribution in [0.25, 0.3) is 0 Å². The van der Waals surface area contributed by atoms with E-state index in [1.807, 2.05) is 24.3 Å². The lowest BCUT2D eigenvalue weighted by Gasteiger charge is -2.32. The Morgan fingerprint density at radius 2 is 1.91 bits per heavy atom. The Morgan fingerprint density at radius 3 is 2.61 bits per heavy atom. The van der Waals surface area contributed by atoms with E-state index in [0.717, 1.165) is 49.4 Å². The summed E-state index contributed by atoms with van der Waals surface area (Å²) in [6.07, 6.45) is 4.79. The molecule has 0 aliphatic carbocycles. The van der Waals surface area contributed by atoms with Gasteiger partial charge < -0.3 is 10.2 Å². The number of rotatable bonds is 6. The van der Waals surface area contributed by atoms with E-state index in [9.17, 15) is 13.2 Å². The summed E-state index contributed by atoms with van der Waals surface area (Å²) in [5, 5.41) is 3.85. The van der Waals surface area contributed by atoms with Crippen LogP contribution in [-0.2, 0) is 23.0 Å². The van der Waals surface area contributed by atoms with Crippen LogP contribution in [-0.4, -0.2) is 51.1 Å². The lowest BCUT2D eigenvalue weighted by Crippen LogP contribution is -2.41. The number of hydrogen-bond donors (Lipinski definition) is 1. The summed E-state index contributed by atoms with van der Waals surface area (Å²) in [5.41, 5.74) is 5.38. The van der Waals surface area contributed by atoms with E-state index >= 15 is 0 Å². The van der Waals surface area contributed by atoms with E-state index in [0.29, 0.717) is 31.1 Å². The van der Waals surface area contributed by atoms with Gasteiger partial charge in [0.15, 0.2) is 0 Å². The smallest absolute Gasteiger partial charge is 0.251 e. The number of nitrogens with zero attached hydrogens (tertiary/aromatic N) is 2. The molecule has 2 aromatic rings. The fourth-order valence-electron chi connectivity index (χ4n) is 4.82. The maximum absolute atomic E-state index is 12.8. The third-order valence-corrected chi connectivity index (χ3v) is 8.51. The summed E-state index contributed by atoms with van der Waals surface area (Å²) < 4.78 is 24.9. The van der Waals surface area contributed by atoms with Crippen LogP contribution in [0.4, 0.5) is 5.69 Å². The van der Waals surface area contributed by atoms with Crippen LogP contribution in [0.5, 0.6) is 0 Å². The largest absolute Gasteiger partial charge is 0.367 e. The highest BCUT2D eigenvalue weighted by Crippen LogP contribution is 2.31. The zero-order valence-corrected chi connectivity index (χ0v) is 20.9. The van der Waals surface area contributed by atoms with Crippen LogP contribution in [0.15, 0.2) is 36.4 Å². The number of carbonyl (C=O) groups is 1. The van der Waals surface area contributed by atoms with Crippen LogP contribution < -0.4 is 10.2 Å². The van der Waals surface area contributed by atoms with Crippen molar-refractivity contribution in [2.24, 2.45) is 5.92 Å². The first-order valence-electron chi connectivity index (χ1n) is 11.6. The quantitative estimate of drug-likeness (QED) is 0.665. The Hall–Kier alpha value is -2.09. The van der Waals surface area contributed by atoms with E-state index in [2.05, 4.69) is 29.3 Å². The third kappa shape index (κ3) is 5.70. The molecule has 0 unspecified atom stereocenters. The summed E-state index contributed by atoms with van der Waals surface area (Å²) in [6, 6.07) is 12.0. The molecular weight excluding hydrogens is 458 g/mol. The van der Waals surface area contributed by atoms with Gasteiger partial charge in [-0.3, -0.25) is 4.79 Å². The first-order valence-corrected chi connectivity index (χ1v) is 13.8. The molecule has 2 aliphatic rings. The number of nitrogens with one attached hydrogen (secondary N) is 1. The van der Waals surface area contributed by atoms with Gasteiger partial charge in [0.2, 0.25) is 10.0 Å². The van der Waals surface area contributed by atoms with Crippen molar-refractivity contribution in [2.45, 2.75) is 39.2 Å². The number of aryl methyl sites for hydroxylation is 2. The van der Waals surface area contributed by atoms with E-state index in [-0.39, 0.29) is 5.91 Å². The van der Waals surface area contributed by atoms with Crippen molar-refractivity contribution in [3.8, 4) is 0 Å². The Kier molecular flexibility index (Phi) is 7.31. The van der Waals surface area contributed by atoms with E-state index < -0.39 is 10.0 Å². The molecule has 6 nitrogen and oxygen atoms in total. The van der Waals surface area contributed by atoms with Crippen molar-refractivity contribution in [3.63, 3.8) is 0 Å². The average molecular weight is 490 g/mol. The summed E-state index contributed by atoms with van der Waals surface area (Å²) in [5.74, 6) is 0.237. The number of anilines is 1. The van der Waals surface area contributed by atoms with Crippen molar-refractivity contribution in [3.05, 3.63) is 63.7 Å². The Bertz CT molecular complexity index is 1110. The zero-order chi connectivity index (χ0) is 23.6. The average Bonchev–Trinajstić information content (AvgIpc) is 2.79. The van der Waals surface area contributed by atoms with Crippen LogP contribution >= 0.6 is 11.6 Å². The Labute approximate surface area is 202 Å². The van der Waals surface area contributed by atoms with Gasteiger partial charge in [-0.25, -0.2) is 12.7 Å². The number of carbonyl (C=O) groups excluding carboxylic acids is 1. The van der Waals surface area contributed by atoms with E-state index in [4.69, 9.17) is 11.6 Å². The van der Waals surface area contributed by atoms with Crippen molar-refractivity contribution in [1.29, 1.82) is 0 Å². The predicted octanol–water partition coefficient (Wildman–Crippen LogP) is 4.00. The van der Waals surface area contributed by atoms with Crippen molar-refractivity contribution in [1.82, 2.24) is 9.62 Å². The minimum atomic E-state index is -3.13. The normalized spacial score (nSPS) is 17.6. The molecular formula is C25H32ClN3O3S. The first kappa shape index (κ1) is 24.0. The number of hydrogen-bond acceptors (Lipinski definition) is 4. The second-order valence-corrected chi connectivity index (χ2v) is 11.6. The summed E-state index contributed by atoms with van der Waals surface area (Å²) in [4.78, 5) is 15.2. The number of sulfonamides is 1. The minimum Gasteiger partial charge on any atom is -0.367 e. The molecule has 0 spiro atoms. The molecule has 0 radical (unpaired) electrons. The van der Waals surface area contributed by atoms with Crippen molar-refractivity contribution >= 4 is 33.2 Å². The van der Waals surface area contributed by atoms with Gasteiger partial charge in [0.1, 0.15) is 0 Å². The predicted molar refractivity (Wildman–Crippen MR) is 133 cm³/mol. The molecule has 2 heterocycles. The summed E-state index contributed by atoms with van der Waals surface area (Å²) in [7, 11) is -3.13. The highest BCUT2D eigenvalue weighted by Gasteiger charge is 2.25. The fraction of sp³-hybridized carbons (Fsp3) is 0.480. The van der Waals surface area contributed by atoms with Crippen LogP contribution in [0.1, 0.15) is 46.3 Å². The van der Waals surface area contributed by atoms with Gasteiger partial charge >= 0.3 is 0 Å². The number of piperidine rings is 1. The van der Waals surface area contributed by atoms with Gasteiger partial charge in [0.25, 0.3) is 5.91 Å². The first-order chi connectivity index (χ1) is 15.7. The molecule has 1 N–H and O–H groups in total. The molecule has 0 bridgehead atoms. The van der Waals surface area contributed by atoms with Crippen molar-refractivity contribution in [2.75, 3.05) is 37.3 Å². The highest BCUT2D eigenvalue weighted by atomic mass is 35.5. The second-order valence-electron chi connectivity index (χ2n) is 9.22. The van der Waals surface area contributed by atoms with E-state index in [1.165, 1.54) is 27.4 Å². The lowest BCUT2D eigenvalue weighted by molar-refractivity contribution is 0.0941. The highest BCUT2D eigenvalue weighted by molar-refractivity contribution is 7.88. The van der Waals surface area contributed by atoms with Gasteiger partial charge in [-0.1, -0.05) is 23.7 Å². The molecule has 33 heavy (non-hydrogen) atoms. The summed E-state index contributed by atoms with van der Waals surface area (Å²) >= 11 is 6.46. The molecule has 0 aromatic heterocycles. The van der Waals surface area contributed by atoms with Gasteiger partial charge in [-0.05, 0) is 79.5 Å². The SMILES string of the molecule is Cc1cccc(Cl)c1CN1CCCc2cc(C(=O)NCC3CCN(S(C)(=O)=O)CC3)ccc21. The fourth-order valence-corrected chi connectivity index (χ4v) is 5.98. The molecule has 8 heteroatoms. The molecule has 178 valence electrons. The third-order valence-electron chi connectivity index (χ3n) is 6.85. The van der Waals surface area contributed by atoms with Crippen LogP contribution in [0.2, 0.25) is 5.02 Å². The van der Waals surface area contributed by atoms with Gasteiger partial charge in [-0.2, -0.15) is 0 Å². The maximum atomic E-state index is 12.8. The van der Waals surface area contributed by atoms with Gasteiger partial charge in [0, 0.05) is 49.0 Å². The molecule has 4 rings (SSSR count). The molecule has 0 saturated carbocycles.